The van der Waals surface area contributed by atoms with Crippen molar-refractivity contribution in [3.8, 4) is 5.75 Å². The number of rotatable bonds is 0. The minimum atomic E-state index is 0.413. The molecule has 0 spiro atoms. The summed E-state index contributed by atoms with van der Waals surface area (Å²) in [4.78, 5) is 0. The van der Waals surface area contributed by atoms with E-state index in [0.29, 0.717) is 5.75 Å². The first-order valence-electron chi connectivity index (χ1n) is 3.86. The molecule has 0 aliphatic carbocycles. The van der Waals surface area contributed by atoms with Crippen LogP contribution in [0.25, 0.3) is 10.1 Å². The Bertz CT molecular complexity index is 429. The van der Waals surface area contributed by atoms with Crippen molar-refractivity contribution in [2.24, 2.45) is 0 Å². The number of thiophene rings is 1. The summed E-state index contributed by atoms with van der Waals surface area (Å²) in [6.45, 7) is 4.09. The monoisotopic (exact) mass is 178 g/mol. The highest BCUT2D eigenvalue weighted by atomic mass is 32.1. The molecular formula is C10H10OS. The molecule has 2 aromatic rings. The van der Waals surface area contributed by atoms with Crippen molar-refractivity contribution >= 4 is 21.4 Å². The molecule has 12 heavy (non-hydrogen) atoms. The first-order valence-corrected chi connectivity index (χ1v) is 4.74. The van der Waals surface area contributed by atoms with Gasteiger partial charge in [-0.15, -0.1) is 11.3 Å². The second-order valence-corrected chi connectivity index (χ2v) is 3.90. The quantitative estimate of drug-likeness (QED) is 0.656. The average Bonchev–Trinajstić information content (AvgIpc) is 2.42. The fraction of sp³-hybridized carbons (Fsp3) is 0.200. The predicted molar refractivity (Wildman–Crippen MR) is 53.0 cm³/mol. The van der Waals surface area contributed by atoms with Crippen LogP contribution in [-0.2, 0) is 0 Å². The second kappa shape index (κ2) is 2.49. The number of benzene rings is 1. The van der Waals surface area contributed by atoms with Crippen LogP contribution in [0, 0.1) is 13.8 Å². The Labute approximate surface area is 75.3 Å². The molecule has 0 aliphatic rings. The summed E-state index contributed by atoms with van der Waals surface area (Å²) >= 11 is 1.60. The first-order chi connectivity index (χ1) is 5.70. The third-order valence-corrected chi connectivity index (χ3v) is 3.21. The van der Waals surface area contributed by atoms with E-state index in [1.165, 1.54) is 10.3 Å². The van der Waals surface area contributed by atoms with Crippen molar-refractivity contribution < 1.29 is 5.11 Å². The molecule has 0 saturated carbocycles. The van der Waals surface area contributed by atoms with Gasteiger partial charge < -0.3 is 5.11 Å². The van der Waals surface area contributed by atoms with Gasteiger partial charge in [0, 0.05) is 15.5 Å². The van der Waals surface area contributed by atoms with E-state index in [4.69, 9.17) is 0 Å². The van der Waals surface area contributed by atoms with Crippen molar-refractivity contribution in [2.45, 2.75) is 13.8 Å². The highest BCUT2D eigenvalue weighted by Gasteiger charge is 2.06. The molecular weight excluding hydrogens is 168 g/mol. The zero-order chi connectivity index (χ0) is 8.72. The normalized spacial score (nSPS) is 10.8. The summed E-state index contributed by atoms with van der Waals surface area (Å²) in [5, 5.41) is 12.3. The molecule has 2 rings (SSSR count). The maximum absolute atomic E-state index is 9.53. The molecule has 1 nitrogen and oxygen atoms in total. The number of aromatic hydroxyl groups is 1. The lowest BCUT2D eigenvalue weighted by Gasteiger charge is -1.99. The molecule has 0 atom stereocenters. The van der Waals surface area contributed by atoms with Crippen LogP contribution in [0.4, 0.5) is 0 Å². The molecule has 0 aliphatic heterocycles. The number of hydrogen-bond donors (Lipinski definition) is 1. The fourth-order valence-corrected chi connectivity index (χ4v) is 2.41. The molecule has 62 valence electrons. The van der Waals surface area contributed by atoms with Crippen LogP contribution in [0.15, 0.2) is 17.5 Å². The van der Waals surface area contributed by atoms with E-state index >= 15 is 0 Å². The molecule has 1 heterocycles. The number of fused-ring (bicyclic) bond motifs is 1. The van der Waals surface area contributed by atoms with E-state index in [0.717, 1.165) is 10.9 Å². The highest BCUT2D eigenvalue weighted by molar-refractivity contribution is 7.17. The third-order valence-electron chi connectivity index (χ3n) is 2.11. The van der Waals surface area contributed by atoms with Gasteiger partial charge in [0.1, 0.15) is 5.75 Å². The van der Waals surface area contributed by atoms with Crippen LogP contribution in [0.2, 0.25) is 0 Å². The Morgan fingerprint density at radius 1 is 1.17 bits per heavy atom. The molecule has 1 N–H and O–H groups in total. The third kappa shape index (κ3) is 0.916. The molecule has 1 aromatic heterocycles. The SMILES string of the molecule is Cc1ccc(C)c2c(O)csc12. The van der Waals surface area contributed by atoms with E-state index in [-0.39, 0.29) is 0 Å². The first kappa shape index (κ1) is 7.62. The van der Waals surface area contributed by atoms with Crippen LogP contribution < -0.4 is 0 Å². The average molecular weight is 178 g/mol. The zero-order valence-electron chi connectivity index (χ0n) is 7.09. The summed E-state index contributed by atoms with van der Waals surface area (Å²) < 4.78 is 1.20. The Morgan fingerprint density at radius 2 is 1.83 bits per heavy atom. The van der Waals surface area contributed by atoms with Crippen LogP contribution in [0.1, 0.15) is 11.1 Å². The lowest BCUT2D eigenvalue weighted by Crippen LogP contribution is -1.76. The van der Waals surface area contributed by atoms with Crippen molar-refractivity contribution in [1.29, 1.82) is 0 Å². The second-order valence-electron chi connectivity index (χ2n) is 3.02. The predicted octanol–water partition coefficient (Wildman–Crippen LogP) is 3.22. The van der Waals surface area contributed by atoms with Crippen molar-refractivity contribution in [3.05, 3.63) is 28.6 Å². The lowest BCUT2D eigenvalue weighted by atomic mass is 10.1. The van der Waals surface area contributed by atoms with Crippen LogP contribution in [0.3, 0.4) is 0 Å². The Hall–Kier alpha value is -1.02. The van der Waals surface area contributed by atoms with Gasteiger partial charge in [-0.2, -0.15) is 0 Å². The minimum absolute atomic E-state index is 0.413. The van der Waals surface area contributed by atoms with Gasteiger partial charge in [0.2, 0.25) is 0 Å². The molecule has 1 aromatic carbocycles. The van der Waals surface area contributed by atoms with Crippen LogP contribution in [-0.4, -0.2) is 5.11 Å². The maximum Gasteiger partial charge on any atom is 0.134 e. The van der Waals surface area contributed by atoms with E-state index < -0.39 is 0 Å². The molecule has 2 heteroatoms. The number of hydrogen-bond acceptors (Lipinski definition) is 2. The van der Waals surface area contributed by atoms with Crippen LogP contribution in [0.5, 0.6) is 5.75 Å². The van der Waals surface area contributed by atoms with Crippen molar-refractivity contribution in [2.75, 3.05) is 0 Å². The summed E-state index contributed by atoms with van der Waals surface area (Å²) in [5.41, 5.74) is 2.38. The van der Waals surface area contributed by atoms with Gasteiger partial charge in [-0.05, 0) is 25.0 Å². The topological polar surface area (TPSA) is 20.2 Å². The van der Waals surface area contributed by atoms with E-state index in [9.17, 15) is 5.11 Å². The van der Waals surface area contributed by atoms with Gasteiger partial charge in [0.15, 0.2) is 0 Å². The van der Waals surface area contributed by atoms with E-state index in [1.807, 2.05) is 13.0 Å². The molecule has 0 saturated heterocycles. The summed E-state index contributed by atoms with van der Waals surface area (Å²) in [6, 6.07) is 4.14. The Balaban J connectivity index is 2.98. The summed E-state index contributed by atoms with van der Waals surface area (Å²) in [6.07, 6.45) is 0. The van der Waals surface area contributed by atoms with Gasteiger partial charge >= 0.3 is 0 Å². The zero-order valence-corrected chi connectivity index (χ0v) is 7.90. The maximum atomic E-state index is 9.53. The molecule has 0 fully saturated rings. The van der Waals surface area contributed by atoms with E-state index in [1.54, 1.807) is 16.7 Å². The molecule has 0 radical (unpaired) electrons. The van der Waals surface area contributed by atoms with Gasteiger partial charge in [0.25, 0.3) is 0 Å². The van der Waals surface area contributed by atoms with Gasteiger partial charge in [-0.3, -0.25) is 0 Å². The lowest BCUT2D eigenvalue weighted by molar-refractivity contribution is 0.483. The Kier molecular flexibility index (Phi) is 1.58. The Morgan fingerprint density at radius 3 is 2.50 bits per heavy atom. The summed E-state index contributed by atoms with van der Waals surface area (Å²) in [7, 11) is 0. The molecule has 0 unspecified atom stereocenters. The number of aryl methyl sites for hydroxylation is 2. The van der Waals surface area contributed by atoms with Gasteiger partial charge in [0.05, 0.1) is 0 Å². The minimum Gasteiger partial charge on any atom is -0.506 e. The molecule has 0 bridgehead atoms. The smallest absolute Gasteiger partial charge is 0.134 e. The molecule has 0 amide bonds. The van der Waals surface area contributed by atoms with E-state index in [2.05, 4.69) is 13.0 Å². The van der Waals surface area contributed by atoms with Crippen molar-refractivity contribution in [3.63, 3.8) is 0 Å². The summed E-state index contributed by atoms with van der Waals surface area (Å²) in [5.74, 6) is 0.413. The van der Waals surface area contributed by atoms with Crippen molar-refractivity contribution in [1.82, 2.24) is 0 Å². The standard InChI is InChI=1S/C10H10OS/c1-6-3-4-7(2)10-9(6)8(11)5-12-10/h3-5,11H,1-2H3. The van der Waals surface area contributed by atoms with Gasteiger partial charge in [-0.1, -0.05) is 12.1 Å². The fourth-order valence-electron chi connectivity index (χ4n) is 1.43. The van der Waals surface area contributed by atoms with Gasteiger partial charge in [-0.25, -0.2) is 0 Å². The largest absolute Gasteiger partial charge is 0.506 e. The highest BCUT2D eigenvalue weighted by Crippen LogP contribution is 2.35. The van der Waals surface area contributed by atoms with Crippen LogP contribution >= 0.6 is 11.3 Å².